The van der Waals surface area contributed by atoms with Crippen LogP contribution in [0.3, 0.4) is 0 Å². The highest BCUT2D eigenvalue weighted by molar-refractivity contribution is 5.67. The SMILES string of the molecule is NCC(=C(F)F)c1ccccc1. The molecule has 0 atom stereocenters. The number of nitrogens with two attached hydrogens (primary N) is 1. The van der Waals surface area contributed by atoms with Crippen LogP contribution in [0.1, 0.15) is 5.56 Å². The summed E-state index contributed by atoms with van der Waals surface area (Å²) < 4.78 is 24.4. The molecule has 1 rings (SSSR count). The van der Waals surface area contributed by atoms with Crippen molar-refractivity contribution in [2.75, 3.05) is 6.54 Å². The monoisotopic (exact) mass is 169 g/mol. The minimum Gasteiger partial charge on any atom is -0.326 e. The van der Waals surface area contributed by atoms with Gasteiger partial charge in [-0.3, -0.25) is 0 Å². The van der Waals surface area contributed by atoms with Gasteiger partial charge in [-0.15, -0.1) is 0 Å². The van der Waals surface area contributed by atoms with Gasteiger partial charge in [-0.1, -0.05) is 30.3 Å². The van der Waals surface area contributed by atoms with E-state index in [9.17, 15) is 8.78 Å². The molecule has 64 valence electrons. The number of hydrogen-bond donors (Lipinski definition) is 1. The molecule has 0 aliphatic heterocycles. The van der Waals surface area contributed by atoms with Crippen LogP contribution in [0.4, 0.5) is 8.78 Å². The van der Waals surface area contributed by atoms with Crippen LogP contribution in [0.5, 0.6) is 0 Å². The highest BCUT2D eigenvalue weighted by Gasteiger charge is 2.05. The summed E-state index contributed by atoms with van der Waals surface area (Å²) in [5, 5.41) is 0. The predicted molar refractivity (Wildman–Crippen MR) is 44.6 cm³/mol. The van der Waals surface area contributed by atoms with E-state index in [2.05, 4.69) is 0 Å². The molecule has 1 nitrogen and oxygen atoms in total. The van der Waals surface area contributed by atoms with Crippen LogP contribution in [-0.2, 0) is 0 Å². The standard InChI is InChI=1S/C9H9F2N/c10-9(11)8(6-12)7-4-2-1-3-5-7/h1-5H,6,12H2. The maximum atomic E-state index is 12.2. The summed E-state index contributed by atoms with van der Waals surface area (Å²) in [4.78, 5) is 0. The Labute approximate surface area is 69.5 Å². The first kappa shape index (κ1) is 8.87. The fourth-order valence-electron chi connectivity index (χ4n) is 0.943. The lowest BCUT2D eigenvalue weighted by Gasteiger charge is -2.01. The summed E-state index contributed by atoms with van der Waals surface area (Å²) in [6, 6.07) is 8.40. The first-order valence-electron chi connectivity index (χ1n) is 3.55. The molecule has 0 fully saturated rings. The summed E-state index contributed by atoms with van der Waals surface area (Å²) in [7, 11) is 0. The second-order valence-corrected chi connectivity index (χ2v) is 2.31. The fraction of sp³-hybridized carbons (Fsp3) is 0.111. The molecule has 0 radical (unpaired) electrons. The molecule has 0 aromatic heterocycles. The van der Waals surface area contributed by atoms with Crippen molar-refractivity contribution < 1.29 is 8.78 Å². The minimum absolute atomic E-state index is 0.0874. The minimum atomic E-state index is -1.70. The molecule has 0 saturated heterocycles. The van der Waals surface area contributed by atoms with Crippen molar-refractivity contribution in [2.24, 2.45) is 5.73 Å². The average Bonchev–Trinajstić information content (AvgIpc) is 2.07. The van der Waals surface area contributed by atoms with Gasteiger partial charge in [0, 0.05) is 12.1 Å². The van der Waals surface area contributed by atoms with E-state index < -0.39 is 6.08 Å². The average molecular weight is 169 g/mol. The Morgan fingerprint density at radius 1 is 1.17 bits per heavy atom. The lowest BCUT2D eigenvalue weighted by molar-refractivity contribution is 0.424. The van der Waals surface area contributed by atoms with Gasteiger partial charge >= 0.3 is 0 Å². The largest absolute Gasteiger partial charge is 0.326 e. The van der Waals surface area contributed by atoms with E-state index >= 15 is 0 Å². The topological polar surface area (TPSA) is 26.0 Å². The summed E-state index contributed by atoms with van der Waals surface area (Å²) in [6.45, 7) is -0.133. The third-order valence-electron chi connectivity index (χ3n) is 1.55. The molecule has 0 amide bonds. The van der Waals surface area contributed by atoms with Crippen LogP contribution >= 0.6 is 0 Å². The molecule has 0 saturated carbocycles. The number of rotatable bonds is 2. The molecule has 3 heteroatoms. The number of hydrogen-bond acceptors (Lipinski definition) is 1. The zero-order valence-corrected chi connectivity index (χ0v) is 6.43. The maximum absolute atomic E-state index is 12.2. The van der Waals surface area contributed by atoms with Crippen LogP contribution in [0, 0.1) is 0 Å². The van der Waals surface area contributed by atoms with E-state index in [1.54, 1.807) is 30.3 Å². The van der Waals surface area contributed by atoms with Gasteiger partial charge in [0.25, 0.3) is 6.08 Å². The van der Waals surface area contributed by atoms with Gasteiger partial charge < -0.3 is 5.73 Å². The molecule has 1 aromatic carbocycles. The van der Waals surface area contributed by atoms with Gasteiger partial charge in [0.1, 0.15) is 0 Å². The Morgan fingerprint density at radius 3 is 2.17 bits per heavy atom. The summed E-state index contributed by atoms with van der Waals surface area (Å²) in [5.74, 6) is 0. The smallest absolute Gasteiger partial charge is 0.275 e. The molecule has 0 unspecified atom stereocenters. The Kier molecular flexibility index (Phi) is 2.94. The van der Waals surface area contributed by atoms with Crippen LogP contribution < -0.4 is 5.73 Å². The van der Waals surface area contributed by atoms with E-state index in [1.807, 2.05) is 0 Å². The first-order valence-corrected chi connectivity index (χ1v) is 3.55. The van der Waals surface area contributed by atoms with Crippen molar-refractivity contribution in [3.63, 3.8) is 0 Å². The van der Waals surface area contributed by atoms with E-state index in [0.29, 0.717) is 5.56 Å². The third-order valence-corrected chi connectivity index (χ3v) is 1.55. The second-order valence-electron chi connectivity index (χ2n) is 2.31. The Balaban J connectivity index is 3.05. The molecule has 1 aromatic rings. The van der Waals surface area contributed by atoms with Crippen molar-refractivity contribution in [3.8, 4) is 0 Å². The van der Waals surface area contributed by atoms with Crippen molar-refractivity contribution in [1.29, 1.82) is 0 Å². The quantitative estimate of drug-likeness (QED) is 0.721. The zero-order chi connectivity index (χ0) is 8.97. The molecule has 0 heterocycles. The normalized spacial score (nSPS) is 9.58. The van der Waals surface area contributed by atoms with E-state index in [-0.39, 0.29) is 12.1 Å². The predicted octanol–water partition coefficient (Wildman–Crippen LogP) is 2.25. The van der Waals surface area contributed by atoms with Crippen LogP contribution in [-0.4, -0.2) is 6.54 Å². The maximum Gasteiger partial charge on any atom is 0.275 e. The van der Waals surface area contributed by atoms with Gasteiger partial charge in [-0.25, -0.2) is 0 Å². The van der Waals surface area contributed by atoms with Gasteiger partial charge in [0.2, 0.25) is 0 Å². The molecule has 12 heavy (non-hydrogen) atoms. The molecule has 0 aliphatic rings. The molecule has 2 N–H and O–H groups in total. The molecule has 0 bridgehead atoms. The van der Waals surface area contributed by atoms with Gasteiger partial charge in [-0.2, -0.15) is 8.78 Å². The summed E-state index contributed by atoms with van der Waals surface area (Å²) in [5.41, 5.74) is 5.57. The summed E-state index contributed by atoms with van der Waals surface area (Å²) >= 11 is 0. The van der Waals surface area contributed by atoms with Crippen molar-refractivity contribution in [3.05, 3.63) is 42.0 Å². The lowest BCUT2D eigenvalue weighted by Crippen LogP contribution is -2.02. The highest BCUT2D eigenvalue weighted by atomic mass is 19.3. The van der Waals surface area contributed by atoms with Crippen LogP contribution in [0.2, 0.25) is 0 Å². The van der Waals surface area contributed by atoms with Crippen LogP contribution in [0.25, 0.3) is 5.57 Å². The van der Waals surface area contributed by atoms with Gasteiger partial charge in [0.15, 0.2) is 0 Å². The molecule has 0 aliphatic carbocycles. The Bertz CT molecular complexity index is 276. The number of benzene rings is 1. The van der Waals surface area contributed by atoms with Gasteiger partial charge in [-0.05, 0) is 5.56 Å². The Hall–Kier alpha value is -1.22. The van der Waals surface area contributed by atoms with Crippen molar-refractivity contribution >= 4 is 5.57 Å². The van der Waals surface area contributed by atoms with Gasteiger partial charge in [0.05, 0.1) is 0 Å². The summed E-state index contributed by atoms with van der Waals surface area (Å²) in [6.07, 6.45) is -1.70. The third kappa shape index (κ3) is 1.89. The molecule has 0 spiro atoms. The van der Waals surface area contributed by atoms with Crippen molar-refractivity contribution in [1.82, 2.24) is 0 Å². The van der Waals surface area contributed by atoms with E-state index in [1.165, 1.54) is 0 Å². The molecular weight excluding hydrogens is 160 g/mol. The second kappa shape index (κ2) is 3.97. The van der Waals surface area contributed by atoms with Crippen LogP contribution in [0.15, 0.2) is 36.4 Å². The van der Waals surface area contributed by atoms with E-state index in [4.69, 9.17) is 5.73 Å². The first-order chi connectivity index (χ1) is 5.75. The Morgan fingerprint density at radius 2 is 1.75 bits per heavy atom. The van der Waals surface area contributed by atoms with Crippen molar-refractivity contribution in [2.45, 2.75) is 0 Å². The fourth-order valence-corrected chi connectivity index (χ4v) is 0.943. The zero-order valence-electron chi connectivity index (χ0n) is 6.43. The highest BCUT2D eigenvalue weighted by Crippen LogP contribution is 2.18. The number of halogens is 2. The van der Waals surface area contributed by atoms with E-state index in [0.717, 1.165) is 0 Å². The molecular formula is C9H9F2N. The lowest BCUT2D eigenvalue weighted by atomic mass is 10.1.